The molecule has 5 aliphatic rings. The summed E-state index contributed by atoms with van der Waals surface area (Å²) in [5.41, 5.74) is 36.2. The zero-order chi connectivity index (χ0) is 26.4. The topological polar surface area (TPSA) is 322 Å². The van der Waals surface area contributed by atoms with Crippen LogP contribution >= 0.6 is 0 Å². The maximum absolute atomic E-state index is 10.2. The molecule has 5 aliphatic heterocycles. The summed E-state index contributed by atoms with van der Waals surface area (Å²) in [5.74, 6) is -1.18. The van der Waals surface area contributed by atoms with Gasteiger partial charge in [-0.2, -0.15) is 0 Å². The van der Waals surface area contributed by atoms with E-state index in [0.717, 1.165) is 0 Å². The van der Waals surface area contributed by atoms with Crippen LogP contribution in [0.2, 0.25) is 0 Å². The van der Waals surface area contributed by atoms with Gasteiger partial charge in [0.1, 0.15) is 30.2 Å². The van der Waals surface area contributed by atoms with Gasteiger partial charge in [-0.15, -0.1) is 0 Å². The number of hydroxylamine groups is 5. The summed E-state index contributed by atoms with van der Waals surface area (Å²) in [6.45, 7) is 1.45. The minimum absolute atomic E-state index is 0.236. The molecule has 5 atom stereocenters. The molecule has 20 heteroatoms. The lowest BCUT2D eigenvalue weighted by atomic mass is 10.3. The SMILES string of the molecule is N[C@@H]1CONC1=O.N[C@@H]1CONC1=O.N[C@@H]1CONC1=O.N[C@@H]1CONC1=O.N[C@@H]1CONC1=O. The number of rotatable bonds is 0. The molecule has 0 saturated carbocycles. The second kappa shape index (κ2) is 15.8. The Bertz CT molecular complexity index is 604. The van der Waals surface area contributed by atoms with Crippen molar-refractivity contribution in [2.24, 2.45) is 28.7 Å². The third kappa shape index (κ3) is 11.8. The molecule has 0 bridgehead atoms. The minimum atomic E-state index is -0.458. The van der Waals surface area contributed by atoms with Crippen molar-refractivity contribution in [3.8, 4) is 0 Å². The molecule has 5 amide bonds. The molecule has 15 N–H and O–H groups in total. The zero-order valence-electron chi connectivity index (χ0n) is 18.4. The summed E-state index contributed by atoms with van der Waals surface area (Å²) in [4.78, 5) is 73.3. The highest BCUT2D eigenvalue weighted by atomic mass is 16.7. The van der Waals surface area contributed by atoms with Gasteiger partial charge < -0.3 is 28.7 Å². The van der Waals surface area contributed by atoms with E-state index in [1.54, 1.807) is 0 Å². The number of hydrogen-bond acceptors (Lipinski definition) is 15. The first-order valence-electron chi connectivity index (χ1n) is 9.89. The van der Waals surface area contributed by atoms with Crippen molar-refractivity contribution in [1.29, 1.82) is 0 Å². The lowest BCUT2D eigenvalue weighted by Gasteiger charge is -1.87. The highest BCUT2D eigenvalue weighted by molar-refractivity contribution is 5.83. The van der Waals surface area contributed by atoms with Gasteiger partial charge in [-0.1, -0.05) is 0 Å². The number of hydrogen-bond donors (Lipinski definition) is 10. The van der Waals surface area contributed by atoms with E-state index in [1.807, 2.05) is 0 Å². The molecule has 200 valence electrons. The van der Waals surface area contributed by atoms with Crippen LogP contribution < -0.4 is 56.1 Å². The van der Waals surface area contributed by atoms with E-state index >= 15 is 0 Å². The molecular weight excluding hydrogens is 480 g/mol. The molecule has 0 aliphatic carbocycles. The maximum Gasteiger partial charge on any atom is 0.262 e. The number of carbonyl (C=O) groups excluding carboxylic acids is 5. The summed E-state index contributed by atoms with van der Waals surface area (Å²) in [5, 5.41) is 0. The fourth-order valence-electron chi connectivity index (χ4n) is 1.77. The van der Waals surface area contributed by atoms with E-state index < -0.39 is 30.2 Å². The van der Waals surface area contributed by atoms with Crippen LogP contribution in [-0.4, -0.2) is 92.8 Å². The summed E-state index contributed by atoms with van der Waals surface area (Å²) in [6, 6.07) is -2.29. The van der Waals surface area contributed by atoms with E-state index in [4.69, 9.17) is 28.7 Å². The second-order valence-electron chi connectivity index (χ2n) is 6.92. The molecule has 0 aromatic heterocycles. The van der Waals surface area contributed by atoms with Crippen LogP contribution in [0.1, 0.15) is 0 Å². The Labute approximate surface area is 197 Å². The first-order chi connectivity index (χ1) is 16.5. The highest BCUT2D eigenvalue weighted by Crippen LogP contribution is 1.89. The molecule has 5 rings (SSSR count). The molecule has 0 aromatic carbocycles. The zero-order valence-corrected chi connectivity index (χ0v) is 18.4. The average molecular weight is 510 g/mol. The smallest absolute Gasteiger partial charge is 0.262 e. The van der Waals surface area contributed by atoms with Crippen LogP contribution in [0, 0.1) is 0 Å². The predicted octanol–water partition coefficient (Wildman–Crippen LogP) is -8.12. The Morgan fingerprint density at radius 3 is 0.571 bits per heavy atom. The number of nitrogens with one attached hydrogen (secondary N) is 5. The van der Waals surface area contributed by atoms with Crippen molar-refractivity contribution in [2.45, 2.75) is 30.2 Å². The highest BCUT2D eigenvalue weighted by Gasteiger charge is 2.22. The van der Waals surface area contributed by atoms with Crippen molar-refractivity contribution < 1.29 is 48.2 Å². The van der Waals surface area contributed by atoms with Gasteiger partial charge in [0.25, 0.3) is 29.5 Å². The van der Waals surface area contributed by atoms with Crippen molar-refractivity contribution >= 4 is 29.5 Å². The first kappa shape index (κ1) is 30.0. The molecule has 5 fully saturated rings. The van der Waals surface area contributed by atoms with Crippen molar-refractivity contribution in [3.63, 3.8) is 0 Å². The van der Waals surface area contributed by atoms with Gasteiger partial charge in [-0.05, 0) is 0 Å². The monoisotopic (exact) mass is 510 g/mol. The van der Waals surface area contributed by atoms with Crippen LogP contribution in [0.4, 0.5) is 0 Å². The van der Waals surface area contributed by atoms with Gasteiger partial charge in [-0.25, -0.2) is 27.4 Å². The first-order valence-corrected chi connectivity index (χ1v) is 9.89. The molecule has 5 saturated heterocycles. The van der Waals surface area contributed by atoms with Gasteiger partial charge in [0.15, 0.2) is 0 Å². The molecule has 0 radical (unpaired) electrons. The van der Waals surface area contributed by atoms with Gasteiger partial charge in [0.2, 0.25) is 0 Å². The fraction of sp³-hybridized carbons (Fsp3) is 0.667. The van der Waals surface area contributed by atoms with Gasteiger partial charge in [0.05, 0.1) is 33.0 Å². The van der Waals surface area contributed by atoms with Crippen LogP contribution in [-0.2, 0) is 48.2 Å². The Hall–Kier alpha value is -3.05. The number of amides is 5. The molecule has 20 nitrogen and oxygen atoms in total. The van der Waals surface area contributed by atoms with Crippen molar-refractivity contribution in [3.05, 3.63) is 0 Å². The van der Waals surface area contributed by atoms with E-state index in [0.29, 0.717) is 33.0 Å². The molecule has 0 aromatic rings. The van der Waals surface area contributed by atoms with Gasteiger partial charge >= 0.3 is 0 Å². The summed E-state index contributed by atoms with van der Waals surface area (Å²) >= 11 is 0. The molecule has 0 unspecified atom stereocenters. The van der Waals surface area contributed by atoms with Crippen molar-refractivity contribution in [1.82, 2.24) is 27.4 Å². The average Bonchev–Trinajstić information content (AvgIpc) is 3.64. The quantitative estimate of drug-likeness (QED) is 0.145. The fourth-order valence-corrected chi connectivity index (χ4v) is 1.77. The maximum atomic E-state index is 10.2. The van der Waals surface area contributed by atoms with E-state index in [2.05, 4.69) is 51.6 Å². The Morgan fingerprint density at radius 1 is 0.400 bits per heavy atom. The van der Waals surface area contributed by atoms with E-state index in [1.165, 1.54) is 0 Å². The normalized spacial score (nSPS) is 30.4. The molecular formula is C15H30N10O10. The predicted molar refractivity (Wildman–Crippen MR) is 110 cm³/mol. The standard InChI is InChI=1S/5C3H6N2O2/c5*4-2-1-7-5-3(2)6/h5*2H,1,4H2,(H,5,6)/t5*2-/m11111/s1. The third-order valence-corrected chi connectivity index (χ3v) is 3.86. The molecule has 5 heterocycles. The largest absolute Gasteiger partial charge is 0.318 e. The van der Waals surface area contributed by atoms with Crippen LogP contribution in [0.5, 0.6) is 0 Å². The minimum Gasteiger partial charge on any atom is -0.318 e. The van der Waals surface area contributed by atoms with Crippen LogP contribution in [0.15, 0.2) is 0 Å². The van der Waals surface area contributed by atoms with Crippen LogP contribution in [0.3, 0.4) is 0 Å². The van der Waals surface area contributed by atoms with Gasteiger partial charge in [-0.3, -0.25) is 48.2 Å². The summed E-state index contributed by atoms with van der Waals surface area (Å²) in [6.07, 6.45) is 0. The summed E-state index contributed by atoms with van der Waals surface area (Å²) in [7, 11) is 0. The lowest BCUT2D eigenvalue weighted by molar-refractivity contribution is -0.125. The Kier molecular flexibility index (Phi) is 13.5. The van der Waals surface area contributed by atoms with Crippen molar-refractivity contribution in [2.75, 3.05) is 33.0 Å². The van der Waals surface area contributed by atoms with E-state index in [9.17, 15) is 24.0 Å². The summed E-state index contributed by atoms with van der Waals surface area (Å²) < 4.78 is 0. The second-order valence-corrected chi connectivity index (χ2v) is 6.92. The third-order valence-electron chi connectivity index (χ3n) is 3.86. The lowest BCUT2D eigenvalue weighted by Crippen LogP contribution is -2.31. The molecule has 0 spiro atoms. The Morgan fingerprint density at radius 2 is 0.543 bits per heavy atom. The van der Waals surface area contributed by atoms with Crippen LogP contribution in [0.25, 0.3) is 0 Å². The Balaban J connectivity index is 0.000000219. The van der Waals surface area contributed by atoms with Gasteiger partial charge in [0, 0.05) is 0 Å². The molecule has 35 heavy (non-hydrogen) atoms. The number of carbonyl (C=O) groups is 5. The van der Waals surface area contributed by atoms with E-state index in [-0.39, 0.29) is 29.5 Å². The number of nitrogens with two attached hydrogens (primary N) is 5.